The Labute approximate surface area is 214 Å². The third-order valence-electron chi connectivity index (χ3n) is 6.49. The molecule has 2 unspecified atom stereocenters. The number of nitro groups is 1. The Hall–Kier alpha value is -3.49. The first-order valence-electron chi connectivity index (χ1n) is 11.8. The normalized spacial score (nSPS) is 19.6. The third kappa shape index (κ3) is 5.34. The first-order chi connectivity index (χ1) is 17.3. The number of Topliss-reactive ketones (excluding diaryl/α,β-unsaturated/α-hetero) is 1. The molecule has 9 heteroatoms. The third-order valence-corrected chi connectivity index (χ3v) is 6.74. The smallest absolute Gasteiger partial charge is 0.336 e. The minimum absolute atomic E-state index is 0.0361. The number of dihydropyridines is 1. The zero-order chi connectivity index (χ0) is 25.8. The van der Waals surface area contributed by atoms with Gasteiger partial charge >= 0.3 is 5.97 Å². The molecule has 0 aromatic heterocycles. The van der Waals surface area contributed by atoms with E-state index in [4.69, 9.17) is 21.1 Å². The summed E-state index contributed by atoms with van der Waals surface area (Å²) in [4.78, 5) is 37.5. The van der Waals surface area contributed by atoms with E-state index in [1.165, 1.54) is 12.1 Å². The Morgan fingerprint density at radius 1 is 1.08 bits per heavy atom. The molecule has 2 aromatic rings. The van der Waals surface area contributed by atoms with Crippen molar-refractivity contribution in [2.45, 2.75) is 38.5 Å². The summed E-state index contributed by atoms with van der Waals surface area (Å²) in [6, 6.07) is 13.4. The second kappa shape index (κ2) is 11.1. The number of halogens is 1. The number of ether oxygens (including phenoxy) is 2. The minimum Gasteiger partial charge on any atom is -0.460 e. The molecule has 2 aromatic carbocycles. The standard InChI is InChI=1S/C27H27ClN2O6/c1-3-35-12-13-36-27(32)24-16(2)29-22-14-19(17-4-8-20(28)9-5-17)15-23(31)26(22)25(24)18-6-10-21(11-7-18)30(33)34/h4-11,19,25,29H,3,12-15H2,1-2H3. The van der Waals surface area contributed by atoms with Crippen molar-refractivity contribution in [3.63, 3.8) is 0 Å². The highest BCUT2D eigenvalue weighted by atomic mass is 35.5. The summed E-state index contributed by atoms with van der Waals surface area (Å²) >= 11 is 6.04. The van der Waals surface area contributed by atoms with Crippen LogP contribution in [0.3, 0.4) is 0 Å². The number of carbonyl (C=O) groups is 2. The van der Waals surface area contributed by atoms with Crippen LogP contribution in [0, 0.1) is 10.1 Å². The Morgan fingerprint density at radius 2 is 1.75 bits per heavy atom. The number of hydrogen-bond acceptors (Lipinski definition) is 7. The van der Waals surface area contributed by atoms with Crippen molar-refractivity contribution < 1.29 is 24.0 Å². The number of nitro benzene ring substituents is 1. The number of nitrogens with one attached hydrogen (secondary N) is 1. The molecule has 0 fully saturated rings. The van der Waals surface area contributed by atoms with Crippen LogP contribution < -0.4 is 5.32 Å². The Kier molecular flexibility index (Phi) is 7.86. The summed E-state index contributed by atoms with van der Waals surface area (Å²) in [5.74, 6) is -1.37. The molecule has 0 bridgehead atoms. The SMILES string of the molecule is CCOCCOC(=O)C1=C(C)NC2=C(C(=O)CC(c3ccc(Cl)cc3)C2)C1c1ccc([N+](=O)[O-])cc1. The van der Waals surface area contributed by atoms with Crippen LogP contribution in [0.5, 0.6) is 0 Å². The van der Waals surface area contributed by atoms with E-state index in [9.17, 15) is 19.7 Å². The molecule has 2 aliphatic rings. The van der Waals surface area contributed by atoms with E-state index in [1.54, 1.807) is 31.2 Å². The van der Waals surface area contributed by atoms with Crippen molar-refractivity contribution in [1.29, 1.82) is 0 Å². The maximum absolute atomic E-state index is 13.6. The number of ketones is 1. The zero-order valence-electron chi connectivity index (χ0n) is 20.1. The van der Waals surface area contributed by atoms with Gasteiger partial charge in [0.25, 0.3) is 5.69 Å². The van der Waals surface area contributed by atoms with Crippen molar-refractivity contribution >= 4 is 29.0 Å². The van der Waals surface area contributed by atoms with Gasteiger partial charge in [-0.2, -0.15) is 0 Å². The van der Waals surface area contributed by atoms with E-state index in [1.807, 2.05) is 19.1 Å². The van der Waals surface area contributed by atoms with E-state index in [-0.39, 0.29) is 37.0 Å². The second-order valence-electron chi connectivity index (χ2n) is 8.75. The van der Waals surface area contributed by atoms with Gasteiger partial charge in [0, 0.05) is 53.1 Å². The van der Waals surface area contributed by atoms with E-state index in [2.05, 4.69) is 5.32 Å². The van der Waals surface area contributed by atoms with Gasteiger partial charge in [0.2, 0.25) is 0 Å². The molecule has 0 spiro atoms. The van der Waals surface area contributed by atoms with Crippen molar-refractivity contribution in [3.8, 4) is 0 Å². The van der Waals surface area contributed by atoms with Crippen molar-refractivity contribution in [1.82, 2.24) is 5.32 Å². The molecule has 4 rings (SSSR count). The second-order valence-corrected chi connectivity index (χ2v) is 9.19. The van der Waals surface area contributed by atoms with Crippen molar-refractivity contribution in [2.24, 2.45) is 0 Å². The van der Waals surface area contributed by atoms with Crippen LogP contribution in [0.15, 0.2) is 71.1 Å². The van der Waals surface area contributed by atoms with Gasteiger partial charge in [-0.3, -0.25) is 14.9 Å². The van der Waals surface area contributed by atoms with Gasteiger partial charge in [0.05, 0.1) is 17.1 Å². The highest BCUT2D eigenvalue weighted by molar-refractivity contribution is 6.30. The van der Waals surface area contributed by atoms with E-state index < -0.39 is 16.8 Å². The quantitative estimate of drug-likeness (QED) is 0.225. The largest absolute Gasteiger partial charge is 0.460 e. The molecule has 1 heterocycles. The summed E-state index contributed by atoms with van der Waals surface area (Å²) in [7, 11) is 0. The van der Waals surface area contributed by atoms with Gasteiger partial charge in [-0.1, -0.05) is 35.9 Å². The predicted molar refractivity (Wildman–Crippen MR) is 135 cm³/mol. The average molecular weight is 511 g/mol. The maximum atomic E-state index is 13.6. The number of carbonyl (C=O) groups excluding carboxylic acids is 2. The van der Waals surface area contributed by atoms with E-state index in [0.29, 0.717) is 40.5 Å². The molecule has 0 amide bonds. The highest BCUT2D eigenvalue weighted by Crippen LogP contribution is 2.46. The van der Waals surface area contributed by atoms with Crippen LogP contribution in [0.4, 0.5) is 5.69 Å². The van der Waals surface area contributed by atoms with Gasteiger partial charge in [-0.25, -0.2) is 4.79 Å². The molecule has 36 heavy (non-hydrogen) atoms. The number of hydrogen-bond donors (Lipinski definition) is 1. The Balaban J connectivity index is 1.72. The first-order valence-corrected chi connectivity index (χ1v) is 12.2. The van der Waals surface area contributed by atoms with Gasteiger partial charge in [-0.05, 0) is 49.4 Å². The molecule has 0 saturated carbocycles. The number of allylic oxidation sites excluding steroid dienone is 3. The van der Waals surface area contributed by atoms with Crippen LogP contribution >= 0.6 is 11.6 Å². The monoisotopic (exact) mass is 510 g/mol. The van der Waals surface area contributed by atoms with Gasteiger partial charge < -0.3 is 14.8 Å². The molecule has 2 atom stereocenters. The van der Waals surface area contributed by atoms with Crippen molar-refractivity contribution in [2.75, 3.05) is 19.8 Å². The molecule has 8 nitrogen and oxygen atoms in total. The average Bonchev–Trinajstić information content (AvgIpc) is 2.86. The van der Waals surface area contributed by atoms with Crippen molar-refractivity contribution in [3.05, 3.63) is 97.3 Å². The molecule has 1 aliphatic carbocycles. The predicted octanol–water partition coefficient (Wildman–Crippen LogP) is 5.19. The molecule has 1 N–H and O–H groups in total. The van der Waals surface area contributed by atoms with Crippen LogP contribution in [0.1, 0.15) is 49.7 Å². The number of esters is 1. The zero-order valence-corrected chi connectivity index (χ0v) is 20.8. The molecule has 188 valence electrons. The number of non-ortho nitro benzene ring substituents is 1. The molecule has 1 aliphatic heterocycles. The summed E-state index contributed by atoms with van der Waals surface area (Å²) in [5, 5.41) is 15.1. The number of benzene rings is 2. The van der Waals surface area contributed by atoms with Gasteiger partial charge in [0.1, 0.15) is 6.61 Å². The highest BCUT2D eigenvalue weighted by Gasteiger charge is 2.41. The van der Waals surface area contributed by atoms with Crippen LogP contribution in [-0.4, -0.2) is 36.5 Å². The van der Waals surface area contributed by atoms with Crippen LogP contribution in [0.2, 0.25) is 5.02 Å². The molecule has 0 radical (unpaired) electrons. The minimum atomic E-state index is -0.694. The fourth-order valence-electron chi connectivity index (χ4n) is 4.82. The number of rotatable bonds is 8. The fraction of sp³-hybridized carbons (Fsp3) is 0.333. The number of nitrogens with zero attached hydrogens (tertiary/aromatic N) is 1. The lowest BCUT2D eigenvalue weighted by Crippen LogP contribution is -2.36. The summed E-state index contributed by atoms with van der Waals surface area (Å²) in [6.45, 7) is 4.47. The first kappa shape index (κ1) is 25.6. The van der Waals surface area contributed by atoms with Gasteiger partial charge in [-0.15, -0.1) is 0 Å². The topological polar surface area (TPSA) is 108 Å². The summed E-state index contributed by atoms with van der Waals surface area (Å²) < 4.78 is 10.7. The van der Waals surface area contributed by atoms with Crippen LogP contribution in [-0.2, 0) is 19.1 Å². The Bertz CT molecular complexity index is 1230. The lowest BCUT2D eigenvalue weighted by Gasteiger charge is -2.36. The molecular weight excluding hydrogens is 484 g/mol. The van der Waals surface area contributed by atoms with Crippen LogP contribution in [0.25, 0.3) is 0 Å². The Morgan fingerprint density at radius 3 is 2.39 bits per heavy atom. The summed E-state index contributed by atoms with van der Waals surface area (Å²) in [6.07, 6.45) is 0.855. The van der Waals surface area contributed by atoms with E-state index >= 15 is 0 Å². The fourth-order valence-corrected chi connectivity index (χ4v) is 4.94. The lowest BCUT2D eigenvalue weighted by atomic mass is 9.71. The van der Waals surface area contributed by atoms with E-state index in [0.717, 1.165) is 11.3 Å². The lowest BCUT2D eigenvalue weighted by molar-refractivity contribution is -0.384. The summed E-state index contributed by atoms with van der Waals surface area (Å²) in [5.41, 5.74) is 3.70. The molecular formula is C27H27ClN2O6. The maximum Gasteiger partial charge on any atom is 0.336 e. The van der Waals surface area contributed by atoms with Gasteiger partial charge in [0.15, 0.2) is 5.78 Å². The molecule has 0 saturated heterocycles.